The molecule has 0 aliphatic carbocycles. The third kappa shape index (κ3) is 4.81. The molecule has 0 bridgehead atoms. The molecular weight excluding hydrogens is 285 g/mol. The van der Waals surface area contributed by atoms with E-state index < -0.39 is 17.7 Å². The van der Waals surface area contributed by atoms with E-state index in [2.05, 4.69) is 0 Å². The molecule has 0 fully saturated rings. The van der Waals surface area contributed by atoms with Gasteiger partial charge < -0.3 is 9.84 Å². The Hall–Kier alpha value is -1.98. The van der Waals surface area contributed by atoms with Crippen molar-refractivity contribution in [2.75, 3.05) is 6.61 Å². The summed E-state index contributed by atoms with van der Waals surface area (Å²) >= 11 is 0. The monoisotopic (exact) mass is 302 g/mol. The predicted octanol–water partition coefficient (Wildman–Crippen LogP) is 4.37. The number of aliphatic carboxylic acids is 1. The van der Waals surface area contributed by atoms with Crippen molar-refractivity contribution in [3.63, 3.8) is 0 Å². The van der Waals surface area contributed by atoms with Crippen LogP contribution in [0.3, 0.4) is 0 Å². The zero-order chi connectivity index (χ0) is 16.0. The van der Waals surface area contributed by atoms with Crippen LogP contribution < -0.4 is 4.74 Å². The first kappa shape index (κ1) is 17.1. The summed E-state index contributed by atoms with van der Waals surface area (Å²) in [6, 6.07) is 3.23. The molecule has 0 saturated heterocycles. The Morgan fingerprint density at radius 3 is 2.48 bits per heavy atom. The van der Waals surface area contributed by atoms with Gasteiger partial charge in [-0.25, -0.2) is 0 Å². The average Bonchev–Trinajstić information content (AvgIpc) is 2.39. The van der Waals surface area contributed by atoms with E-state index >= 15 is 0 Å². The molecule has 21 heavy (non-hydrogen) atoms. The number of benzene rings is 1. The zero-order valence-corrected chi connectivity index (χ0v) is 11.8. The van der Waals surface area contributed by atoms with Crippen molar-refractivity contribution in [3.05, 3.63) is 35.4 Å². The molecule has 0 atom stereocenters. The number of carboxylic acids is 1. The van der Waals surface area contributed by atoms with Crippen molar-refractivity contribution in [1.82, 2.24) is 0 Å². The number of allylic oxidation sites excluding steroid dienone is 1. The van der Waals surface area contributed by atoms with Gasteiger partial charge in [0, 0.05) is 5.56 Å². The molecule has 1 N–H and O–H groups in total. The van der Waals surface area contributed by atoms with Gasteiger partial charge in [-0.05, 0) is 37.1 Å². The first-order valence-corrected chi connectivity index (χ1v) is 6.54. The number of alkyl halides is 3. The van der Waals surface area contributed by atoms with Crippen molar-refractivity contribution >= 4 is 11.5 Å². The first-order valence-electron chi connectivity index (χ1n) is 6.54. The Morgan fingerprint density at radius 2 is 2.00 bits per heavy atom. The second-order valence-electron chi connectivity index (χ2n) is 4.32. The van der Waals surface area contributed by atoms with Gasteiger partial charge in [0.15, 0.2) is 0 Å². The Morgan fingerprint density at radius 1 is 1.33 bits per heavy atom. The summed E-state index contributed by atoms with van der Waals surface area (Å²) < 4.78 is 43.8. The number of hydrogen-bond donors (Lipinski definition) is 1. The fraction of sp³-hybridized carbons (Fsp3) is 0.400. The zero-order valence-electron chi connectivity index (χ0n) is 11.8. The highest BCUT2D eigenvalue weighted by Gasteiger charge is 2.31. The molecule has 0 unspecified atom stereocenters. The Labute approximate surface area is 121 Å². The van der Waals surface area contributed by atoms with Crippen LogP contribution in [0.2, 0.25) is 0 Å². The number of rotatable bonds is 6. The van der Waals surface area contributed by atoms with E-state index in [4.69, 9.17) is 9.84 Å². The highest BCUT2D eigenvalue weighted by Crippen LogP contribution is 2.36. The maximum absolute atomic E-state index is 12.8. The molecule has 0 aliphatic rings. The van der Waals surface area contributed by atoms with Crippen molar-refractivity contribution < 1.29 is 27.8 Å². The molecule has 0 heterocycles. The largest absolute Gasteiger partial charge is 0.493 e. The molecule has 0 radical (unpaired) electrons. The smallest absolute Gasteiger partial charge is 0.416 e. The first-order chi connectivity index (χ1) is 9.79. The lowest BCUT2D eigenvalue weighted by atomic mass is 9.98. The molecule has 0 aromatic heterocycles. The van der Waals surface area contributed by atoms with E-state index in [0.29, 0.717) is 24.4 Å². The van der Waals surface area contributed by atoms with Gasteiger partial charge >= 0.3 is 12.1 Å². The summed E-state index contributed by atoms with van der Waals surface area (Å²) in [6.07, 6.45) is -2.87. The van der Waals surface area contributed by atoms with Crippen LogP contribution in [0, 0.1) is 0 Å². The lowest BCUT2D eigenvalue weighted by Gasteiger charge is -2.15. The van der Waals surface area contributed by atoms with Crippen molar-refractivity contribution in [3.8, 4) is 5.75 Å². The fourth-order valence-corrected chi connectivity index (χ4v) is 1.89. The minimum absolute atomic E-state index is 0.245. The van der Waals surface area contributed by atoms with Crippen LogP contribution in [0.15, 0.2) is 24.3 Å². The summed E-state index contributed by atoms with van der Waals surface area (Å²) in [6.45, 7) is 3.80. The van der Waals surface area contributed by atoms with Crippen LogP contribution in [-0.4, -0.2) is 17.7 Å². The Bertz CT molecular complexity index is 533. The number of carboxylic acid groups (broad SMARTS) is 1. The van der Waals surface area contributed by atoms with Crippen molar-refractivity contribution in [2.45, 2.75) is 32.9 Å². The van der Waals surface area contributed by atoms with Crippen LogP contribution in [0.4, 0.5) is 13.2 Å². The Kier molecular flexibility index (Phi) is 5.81. The maximum atomic E-state index is 12.8. The molecule has 6 heteroatoms. The normalized spacial score (nSPS) is 12.3. The minimum Gasteiger partial charge on any atom is -0.493 e. The van der Waals surface area contributed by atoms with E-state index in [0.717, 1.165) is 12.1 Å². The van der Waals surface area contributed by atoms with E-state index in [-0.39, 0.29) is 12.0 Å². The molecular formula is C15H17F3O3. The van der Waals surface area contributed by atoms with Gasteiger partial charge in [0.1, 0.15) is 5.75 Å². The molecule has 0 saturated carbocycles. The molecule has 0 amide bonds. The standard InChI is InChI=1S/C15H17F3O3/c1-3-10(5-8-14(19)20)12-9-11(15(16,17)18)6-7-13(12)21-4-2/h5-7,9H,3-4,8H2,1-2H3,(H,19,20)/b10-5+. The van der Waals surface area contributed by atoms with Crippen LogP contribution in [0.1, 0.15) is 37.8 Å². The third-order valence-electron chi connectivity index (χ3n) is 2.86. The second-order valence-corrected chi connectivity index (χ2v) is 4.32. The summed E-state index contributed by atoms with van der Waals surface area (Å²) in [7, 11) is 0. The van der Waals surface area contributed by atoms with Crippen LogP contribution in [0.5, 0.6) is 5.75 Å². The van der Waals surface area contributed by atoms with Crippen LogP contribution in [-0.2, 0) is 11.0 Å². The fourth-order valence-electron chi connectivity index (χ4n) is 1.89. The van der Waals surface area contributed by atoms with Crippen LogP contribution >= 0.6 is 0 Å². The average molecular weight is 302 g/mol. The van der Waals surface area contributed by atoms with E-state index in [9.17, 15) is 18.0 Å². The molecule has 0 aliphatic heterocycles. The summed E-state index contributed by atoms with van der Waals surface area (Å²) in [5, 5.41) is 8.71. The van der Waals surface area contributed by atoms with Gasteiger partial charge in [0.25, 0.3) is 0 Å². The third-order valence-corrected chi connectivity index (χ3v) is 2.86. The Balaban J connectivity index is 3.33. The van der Waals surface area contributed by atoms with E-state index in [1.807, 2.05) is 0 Å². The van der Waals surface area contributed by atoms with Crippen LogP contribution in [0.25, 0.3) is 5.57 Å². The minimum atomic E-state index is -4.45. The number of ether oxygens (including phenoxy) is 1. The summed E-state index contributed by atoms with van der Waals surface area (Å²) in [5.41, 5.74) is 0.0259. The van der Waals surface area contributed by atoms with Gasteiger partial charge in [0.2, 0.25) is 0 Å². The van der Waals surface area contributed by atoms with Crippen molar-refractivity contribution in [1.29, 1.82) is 0 Å². The molecule has 1 rings (SSSR count). The second kappa shape index (κ2) is 7.15. The quantitative estimate of drug-likeness (QED) is 0.848. The molecule has 0 spiro atoms. The maximum Gasteiger partial charge on any atom is 0.416 e. The number of carbonyl (C=O) groups is 1. The van der Waals surface area contributed by atoms with Gasteiger partial charge in [-0.1, -0.05) is 13.0 Å². The molecule has 116 valence electrons. The van der Waals surface area contributed by atoms with Gasteiger partial charge in [-0.15, -0.1) is 0 Å². The topological polar surface area (TPSA) is 46.5 Å². The summed E-state index contributed by atoms with van der Waals surface area (Å²) in [5.74, 6) is -0.713. The molecule has 1 aromatic rings. The van der Waals surface area contributed by atoms with Gasteiger partial charge in [0.05, 0.1) is 18.6 Å². The summed E-state index contributed by atoms with van der Waals surface area (Å²) in [4.78, 5) is 10.6. The predicted molar refractivity (Wildman–Crippen MR) is 73.1 cm³/mol. The van der Waals surface area contributed by atoms with E-state index in [1.165, 1.54) is 12.1 Å². The molecule has 1 aromatic carbocycles. The van der Waals surface area contributed by atoms with Crippen molar-refractivity contribution in [2.24, 2.45) is 0 Å². The number of hydrogen-bond acceptors (Lipinski definition) is 2. The highest BCUT2D eigenvalue weighted by molar-refractivity contribution is 5.76. The lowest BCUT2D eigenvalue weighted by Crippen LogP contribution is -2.07. The SMILES string of the molecule is CCOc1ccc(C(F)(F)F)cc1/C(=C/CC(=O)O)CC. The highest BCUT2D eigenvalue weighted by atomic mass is 19.4. The van der Waals surface area contributed by atoms with Gasteiger partial charge in [-0.3, -0.25) is 4.79 Å². The van der Waals surface area contributed by atoms with E-state index in [1.54, 1.807) is 13.8 Å². The lowest BCUT2D eigenvalue weighted by molar-refractivity contribution is -0.138. The van der Waals surface area contributed by atoms with Gasteiger partial charge in [-0.2, -0.15) is 13.2 Å². The molecule has 3 nitrogen and oxygen atoms in total. The number of halogens is 3.